The van der Waals surface area contributed by atoms with E-state index in [1.807, 2.05) is 6.92 Å². The molecule has 0 aromatic heterocycles. The van der Waals surface area contributed by atoms with Crippen LogP contribution in [0, 0.1) is 17.0 Å². The Balaban J connectivity index is 2.13. The quantitative estimate of drug-likeness (QED) is 0.423. The molecule has 2 aromatic carbocycles. The number of aryl methyl sites for hydroxylation is 1. The number of nitro benzene ring substituents is 1. The Morgan fingerprint density at radius 1 is 1.29 bits per heavy atom. The van der Waals surface area contributed by atoms with Crippen LogP contribution < -0.4 is 9.47 Å². The minimum atomic E-state index is -3.97. The monoisotopic (exact) mass is 405 g/mol. The van der Waals surface area contributed by atoms with E-state index in [0.29, 0.717) is 11.3 Å². The molecule has 8 nitrogen and oxygen atoms in total. The first-order valence-corrected chi connectivity index (χ1v) is 9.84. The number of nitrogens with zero attached hydrogens (tertiary/aromatic N) is 1. The highest BCUT2D eigenvalue weighted by Gasteiger charge is 2.32. The molecule has 1 aliphatic rings. The SMILES string of the molecule is CC=Cc1c([N+](=O)[O-])ccc2c1O[C@H](c1cc(C)ccc1S(=O)(=O)OC)CO2. The summed E-state index contributed by atoms with van der Waals surface area (Å²) in [6.45, 7) is 3.60. The van der Waals surface area contributed by atoms with Gasteiger partial charge in [0.05, 0.1) is 17.6 Å². The van der Waals surface area contributed by atoms with E-state index in [9.17, 15) is 18.5 Å². The van der Waals surface area contributed by atoms with Gasteiger partial charge in [-0.1, -0.05) is 23.8 Å². The van der Waals surface area contributed by atoms with Crippen LogP contribution >= 0.6 is 0 Å². The van der Waals surface area contributed by atoms with Gasteiger partial charge in [-0.25, -0.2) is 0 Å². The van der Waals surface area contributed by atoms with Crippen LogP contribution in [0.1, 0.15) is 29.7 Å². The molecule has 28 heavy (non-hydrogen) atoms. The van der Waals surface area contributed by atoms with Crippen LogP contribution in [0.15, 0.2) is 41.3 Å². The Morgan fingerprint density at radius 3 is 2.68 bits per heavy atom. The standard InChI is InChI=1S/C19H19NO7S/c1-4-5-13-15(20(21)22)7-8-16-19(13)27-17(11-26-16)14-10-12(2)6-9-18(14)28(23,24)25-3/h4-10,17H,11H2,1-3H3/t17-/m0/s1. The lowest BCUT2D eigenvalue weighted by atomic mass is 10.0. The van der Waals surface area contributed by atoms with E-state index < -0.39 is 21.1 Å². The lowest BCUT2D eigenvalue weighted by molar-refractivity contribution is -0.385. The molecule has 0 saturated heterocycles. The van der Waals surface area contributed by atoms with Crippen LogP contribution in [-0.4, -0.2) is 27.1 Å². The molecule has 1 aliphatic heterocycles. The van der Waals surface area contributed by atoms with Crippen molar-refractivity contribution in [2.45, 2.75) is 24.8 Å². The first-order valence-electron chi connectivity index (χ1n) is 8.43. The molecule has 1 atom stereocenters. The van der Waals surface area contributed by atoms with Crippen molar-refractivity contribution in [1.29, 1.82) is 0 Å². The van der Waals surface area contributed by atoms with E-state index in [-0.39, 0.29) is 28.5 Å². The van der Waals surface area contributed by atoms with Crippen molar-refractivity contribution in [3.05, 3.63) is 63.2 Å². The average Bonchev–Trinajstić information content (AvgIpc) is 2.67. The second kappa shape index (κ2) is 7.61. The third-order valence-corrected chi connectivity index (χ3v) is 5.67. The number of benzene rings is 2. The van der Waals surface area contributed by atoms with Crippen molar-refractivity contribution in [3.63, 3.8) is 0 Å². The first-order chi connectivity index (χ1) is 13.3. The van der Waals surface area contributed by atoms with Crippen molar-refractivity contribution in [1.82, 2.24) is 0 Å². The minimum Gasteiger partial charge on any atom is -0.485 e. The summed E-state index contributed by atoms with van der Waals surface area (Å²) in [5.74, 6) is 0.560. The number of ether oxygens (including phenoxy) is 2. The molecule has 0 radical (unpaired) electrons. The maximum Gasteiger partial charge on any atom is 0.297 e. The maximum atomic E-state index is 12.3. The Bertz CT molecular complexity index is 1060. The predicted molar refractivity (Wildman–Crippen MR) is 102 cm³/mol. The Labute approximate surface area is 162 Å². The highest BCUT2D eigenvalue weighted by Crippen LogP contribution is 2.44. The highest BCUT2D eigenvalue weighted by molar-refractivity contribution is 7.86. The third-order valence-electron chi connectivity index (χ3n) is 4.32. The van der Waals surface area contributed by atoms with Crippen molar-refractivity contribution in [2.75, 3.05) is 13.7 Å². The molecule has 1 heterocycles. The molecule has 0 bridgehead atoms. The molecule has 0 amide bonds. The lowest BCUT2D eigenvalue weighted by Crippen LogP contribution is -2.24. The molecule has 0 spiro atoms. The number of nitro groups is 1. The number of allylic oxidation sites excluding steroid dienone is 1. The molecule has 0 N–H and O–H groups in total. The summed E-state index contributed by atoms with van der Waals surface area (Å²) >= 11 is 0. The third kappa shape index (κ3) is 3.58. The lowest BCUT2D eigenvalue weighted by Gasteiger charge is -2.29. The Hall–Kier alpha value is -2.91. The second-order valence-electron chi connectivity index (χ2n) is 6.16. The zero-order chi connectivity index (χ0) is 20.5. The Morgan fingerprint density at radius 2 is 2.04 bits per heavy atom. The van der Waals surface area contributed by atoms with E-state index in [1.54, 1.807) is 31.2 Å². The van der Waals surface area contributed by atoms with Gasteiger partial charge in [-0.15, -0.1) is 0 Å². The summed E-state index contributed by atoms with van der Waals surface area (Å²) in [6.07, 6.45) is 2.44. The van der Waals surface area contributed by atoms with Gasteiger partial charge in [0.1, 0.15) is 11.5 Å². The fraction of sp³-hybridized carbons (Fsp3) is 0.263. The number of hydrogen-bond donors (Lipinski definition) is 0. The second-order valence-corrected chi connectivity index (χ2v) is 7.84. The number of rotatable bonds is 5. The molecule has 3 rings (SSSR count). The van der Waals surface area contributed by atoms with Gasteiger partial charge in [-0.3, -0.25) is 14.3 Å². The Kier molecular flexibility index (Phi) is 5.39. The van der Waals surface area contributed by atoms with E-state index in [4.69, 9.17) is 9.47 Å². The van der Waals surface area contributed by atoms with Gasteiger partial charge < -0.3 is 9.47 Å². The normalized spacial score (nSPS) is 16.3. The summed E-state index contributed by atoms with van der Waals surface area (Å²) in [7, 11) is -2.89. The summed E-state index contributed by atoms with van der Waals surface area (Å²) in [5.41, 5.74) is 1.33. The van der Waals surface area contributed by atoms with Gasteiger partial charge in [-0.05, 0) is 32.1 Å². The number of hydrogen-bond acceptors (Lipinski definition) is 7. The van der Waals surface area contributed by atoms with E-state index >= 15 is 0 Å². The molecule has 9 heteroatoms. The van der Waals surface area contributed by atoms with E-state index in [0.717, 1.165) is 12.7 Å². The van der Waals surface area contributed by atoms with Crippen LogP contribution in [0.5, 0.6) is 11.5 Å². The zero-order valence-electron chi connectivity index (χ0n) is 15.5. The molecule has 0 unspecified atom stereocenters. The van der Waals surface area contributed by atoms with Crippen LogP contribution in [-0.2, 0) is 14.3 Å². The van der Waals surface area contributed by atoms with E-state index in [1.165, 1.54) is 18.2 Å². The van der Waals surface area contributed by atoms with Crippen LogP contribution in [0.4, 0.5) is 5.69 Å². The highest BCUT2D eigenvalue weighted by atomic mass is 32.2. The predicted octanol–water partition coefficient (Wildman–Crippen LogP) is 3.78. The van der Waals surface area contributed by atoms with Gasteiger partial charge in [0.2, 0.25) is 0 Å². The van der Waals surface area contributed by atoms with Gasteiger partial charge in [0.15, 0.2) is 17.6 Å². The molecule has 2 aromatic rings. The molecule has 0 aliphatic carbocycles. The summed E-state index contributed by atoms with van der Waals surface area (Å²) in [4.78, 5) is 10.8. The largest absolute Gasteiger partial charge is 0.485 e. The van der Waals surface area contributed by atoms with Crippen molar-refractivity contribution >= 4 is 21.9 Å². The smallest absolute Gasteiger partial charge is 0.297 e. The summed E-state index contributed by atoms with van der Waals surface area (Å²) < 4.78 is 41.0. The maximum absolute atomic E-state index is 12.3. The van der Waals surface area contributed by atoms with Crippen LogP contribution in [0.2, 0.25) is 0 Å². The van der Waals surface area contributed by atoms with Gasteiger partial charge in [-0.2, -0.15) is 8.42 Å². The topological polar surface area (TPSA) is 105 Å². The fourth-order valence-electron chi connectivity index (χ4n) is 3.02. The zero-order valence-corrected chi connectivity index (χ0v) is 16.4. The van der Waals surface area contributed by atoms with Crippen LogP contribution in [0.25, 0.3) is 6.08 Å². The molecular weight excluding hydrogens is 386 g/mol. The molecule has 148 valence electrons. The van der Waals surface area contributed by atoms with Gasteiger partial charge >= 0.3 is 0 Å². The van der Waals surface area contributed by atoms with E-state index in [2.05, 4.69) is 4.18 Å². The number of fused-ring (bicyclic) bond motifs is 1. The van der Waals surface area contributed by atoms with Crippen molar-refractivity contribution in [3.8, 4) is 11.5 Å². The van der Waals surface area contributed by atoms with Gasteiger partial charge in [0, 0.05) is 11.6 Å². The van der Waals surface area contributed by atoms with Crippen molar-refractivity contribution in [2.24, 2.45) is 0 Å². The van der Waals surface area contributed by atoms with Crippen molar-refractivity contribution < 1.29 is 27.0 Å². The summed E-state index contributed by atoms with van der Waals surface area (Å²) in [5, 5.41) is 11.4. The fourth-order valence-corrected chi connectivity index (χ4v) is 3.92. The minimum absolute atomic E-state index is 0.0318. The average molecular weight is 405 g/mol. The molecule has 0 fully saturated rings. The summed E-state index contributed by atoms with van der Waals surface area (Å²) in [6, 6.07) is 7.61. The van der Waals surface area contributed by atoms with Gasteiger partial charge in [0.25, 0.3) is 15.8 Å². The molecular formula is C19H19NO7S. The first kappa shape index (κ1) is 19.8. The molecule has 0 saturated carbocycles. The van der Waals surface area contributed by atoms with Crippen LogP contribution in [0.3, 0.4) is 0 Å².